The lowest BCUT2D eigenvalue weighted by Crippen LogP contribution is -2.35. The number of nitrogens with zero attached hydrogens (tertiary/aromatic N) is 2. The molecule has 0 fully saturated rings. The summed E-state index contributed by atoms with van der Waals surface area (Å²) in [4.78, 5) is 21.6. The monoisotopic (exact) mass is 315 g/mol. The third-order valence-electron chi connectivity index (χ3n) is 3.86. The summed E-state index contributed by atoms with van der Waals surface area (Å²) in [5.74, 6) is 0.900. The van der Waals surface area contributed by atoms with Gasteiger partial charge in [-0.15, -0.1) is 0 Å². The van der Waals surface area contributed by atoms with Crippen molar-refractivity contribution in [2.24, 2.45) is 11.1 Å². The third-order valence-corrected chi connectivity index (χ3v) is 3.86. The van der Waals surface area contributed by atoms with Crippen molar-refractivity contribution in [3.63, 3.8) is 0 Å². The van der Waals surface area contributed by atoms with Gasteiger partial charge in [0.15, 0.2) is 11.5 Å². The Balaban J connectivity index is 1.41. The molecule has 1 N–H and O–H groups in total. The predicted octanol–water partition coefficient (Wildman–Crippen LogP) is 2.68. The van der Waals surface area contributed by atoms with Gasteiger partial charge in [0.05, 0.1) is 5.71 Å². The number of aromatic nitrogens is 1. The fourth-order valence-electron chi connectivity index (χ4n) is 2.47. The molecule has 2 aromatic rings. The third kappa shape index (κ3) is 3.70. The number of hydrogen-bond acceptors (Lipinski definition) is 5. The molecule has 0 saturated heterocycles. The Morgan fingerprint density at radius 2 is 2.22 bits per heavy atom. The summed E-state index contributed by atoms with van der Waals surface area (Å²) in [5.41, 5.74) is 2.60. The Hall–Kier alpha value is -2.37. The zero-order chi connectivity index (χ0) is 16.2. The fourth-order valence-corrected chi connectivity index (χ4v) is 2.47. The summed E-state index contributed by atoms with van der Waals surface area (Å²) in [6.45, 7) is 4.65. The van der Waals surface area contributed by atoms with Crippen molar-refractivity contribution < 1.29 is 14.0 Å². The number of oxazole rings is 1. The largest absolute Gasteiger partial charge is 0.441 e. The van der Waals surface area contributed by atoms with E-state index in [1.54, 1.807) is 0 Å². The van der Waals surface area contributed by atoms with Gasteiger partial charge in [-0.05, 0) is 24.5 Å². The summed E-state index contributed by atoms with van der Waals surface area (Å²) in [7, 11) is 0. The predicted molar refractivity (Wildman–Crippen MR) is 87.1 cm³/mol. The zero-order valence-electron chi connectivity index (χ0n) is 13.4. The van der Waals surface area contributed by atoms with E-state index >= 15 is 0 Å². The summed E-state index contributed by atoms with van der Waals surface area (Å²) in [6, 6.07) is 7.68. The standard InChI is InChI=1S/C17H21N3O3/c1-11(2)13-10-15(23-20-13)17(21)18-9-5-8-16-19-12-6-3-4-7-14(12)22-16/h3-4,6-7,11,15H,5,8-10H2,1-2H3,(H,18,21)/t15-/m1/s1. The van der Waals surface area contributed by atoms with Crippen molar-refractivity contribution in [2.75, 3.05) is 6.54 Å². The molecule has 2 heterocycles. The van der Waals surface area contributed by atoms with Gasteiger partial charge in [-0.25, -0.2) is 4.98 Å². The average Bonchev–Trinajstić information content (AvgIpc) is 3.17. The Morgan fingerprint density at radius 3 is 2.96 bits per heavy atom. The highest BCUT2D eigenvalue weighted by molar-refractivity contribution is 5.93. The summed E-state index contributed by atoms with van der Waals surface area (Å²) < 4.78 is 5.65. The highest BCUT2D eigenvalue weighted by Gasteiger charge is 2.28. The molecule has 1 amide bonds. The molecule has 0 unspecified atom stereocenters. The summed E-state index contributed by atoms with van der Waals surface area (Å²) >= 11 is 0. The second-order valence-electron chi connectivity index (χ2n) is 6.01. The highest BCUT2D eigenvalue weighted by atomic mass is 16.6. The van der Waals surface area contributed by atoms with Crippen LogP contribution in [-0.4, -0.2) is 29.3 Å². The van der Waals surface area contributed by atoms with E-state index in [9.17, 15) is 4.79 Å². The molecule has 6 nitrogen and oxygen atoms in total. The molecule has 0 bridgehead atoms. The van der Waals surface area contributed by atoms with Crippen molar-refractivity contribution in [2.45, 2.75) is 39.2 Å². The maximum Gasteiger partial charge on any atom is 0.264 e. The molecule has 1 aromatic carbocycles. The van der Waals surface area contributed by atoms with Crippen LogP contribution in [0.1, 0.15) is 32.6 Å². The number of benzene rings is 1. The minimum atomic E-state index is -0.489. The first kappa shape index (κ1) is 15.5. The van der Waals surface area contributed by atoms with Gasteiger partial charge >= 0.3 is 0 Å². The minimum absolute atomic E-state index is 0.109. The molecule has 1 aliphatic rings. The number of para-hydroxylation sites is 2. The van der Waals surface area contributed by atoms with Crippen LogP contribution < -0.4 is 5.32 Å². The number of rotatable bonds is 6. The van der Waals surface area contributed by atoms with Crippen LogP contribution in [0.15, 0.2) is 33.8 Å². The Kier molecular flexibility index (Phi) is 4.60. The minimum Gasteiger partial charge on any atom is -0.441 e. The zero-order valence-corrected chi connectivity index (χ0v) is 13.4. The lowest BCUT2D eigenvalue weighted by atomic mass is 10.0. The Morgan fingerprint density at radius 1 is 1.39 bits per heavy atom. The fraction of sp³-hybridized carbons (Fsp3) is 0.471. The lowest BCUT2D eigenvalue weighted by Gasteiger charge is -2.09. The molecule has 0 aliphatic carbocycles. The molecular formula is C17H21N3O3. The second kappa shape index (κ2) is 6.81. The van der Waals surface area contributed by atoms with Crippen molar-refractivity contribution in [1.82, 2.24) is 10.3 Å². The van der Waals surface area contributed by atoms with Crippen molar-refractivity contribution >= 4 is 22.7 Å². The number of carbonyl (C=O) groups is 1. The first-order valence-corrected chi connectivity index (χ1v) is 7.98. The van der Waals surface area contributed by atoms with E-state index in [0.29, 0.717) is 31.2 Å². The first-order valence-electron chi connectivity index (χ1n) is 7.98. The van der Waals surface area contributed by atoms with Gasteiger partial charge in [0.25, 0.3) is 5.91 Å². The van der Waals surface area contributed by atoms with E-state index in [4.69, 9.17) is 9.25 Å². The van der Waals surface area contributed by atoms with Gasteiger partial charge in [-0.1, -0.05) is 31.1 Å². The number of aryl methyl sites for hydroxylation is 1. The number of hydrogen-bond donors (Lipinski definition) is 1. The Bertz CT molecular complexity index is 688. The topological polar surface area (TPSA) is 76.7 Å². The smallest absolute Gasteiger partial charge is 0.264 e. The lowest BCUT2D eigenvalue weighted by molar-refractivity contribution is -0.131. The van der Waals surface area contributed by atoms with Crippen LogP contribution >= 0.6 is 0 Å². The van der Waals surface area contributed by atoms with Crippen molar-refractivity contribution in [3.8, 4) is 0 Å². The Labute approximate surface area is 134 Å². The molecule has 3 rings (SSSR count). The van der Waals surface area contributed by atoms with Crippen LogP contribution in [0.3, 0.4) is 0 Å². The number of carbonyl (C=O) groups excluding carboxylic acids is 1. The second-order valence-corrected chi connectivity index (χ2v) is 6.01. The van der Waals surface area contributed by atoms with Gasteiger partial charge in [-0.3, -0.25) is 4.79 Å². The normalized spacial score (nSPS) is 17.3. The van der Waals surface area contributed by atoms with E-state index in [1.165, 1.54) is 0 Å². The van der Waals surface area contributed by atoms with Crippen LogP contribution in [0.25, 0.3) is 11.1 Å². The number of fused-ring (bicyclic) bond motifs is 1. The molecule has 122 valence electrons. The van der Waals surface area contributed by atoms with E-state index < -0.39 is 6.10 Å². The van der Waals surface area contributed by atoms with Gasteiger partial charge in [0, 0.05) is 19.4 Å². The molecule has 6 heteroatoms. The average molecular weight is 315 g/mol. The van der Waals surface area contributed by atoms with Crippen LogP contribution in [0.5, 0.6) is 0 Å². The molecular weight excluding hydrogens is 294 g/mol. The van der Waals surface area contributed by atoms with E-state index in [1.807, 2.05) is 38.1 Å². The molecule has 1 atom stereocenters. The molecule has 23 heavy (non-hydrogen) atoms. The number of amides is 1. The molecule has 1 aromatic heterocycles. The summed E-state index contributed by atoms with van der Waals surface area (Å²) in [5, 5.41) is 6.85. The van der Waals surface area contributed by atoms with Crippen LogP contribution in [-0.2, 0) is 16.1 Å². The quantitative estimate of drug-likeness (QED) is 0.831. The molecule has 0 saturated carbocycles. The molecule has 1 aliphatic heterocycles. The SMILES string of the molecule is CC(C)C1=NO[C@@H](C(=O)NCCCc2nc3ccccc3o2)C1. The first-order chi connectivity index (χ1) is 11.1. The molecule has 0 radical (unpaired) electrons. The number of oxime groups is 1. The van der Waals surface area contributed by atoms with Crippen molar-refractivity contribution in [1.29, 1.82) is 0 Å². The highest BCUT2D eigenvalue weighted by Crippen LogP contribution is 2.17. The molecule has 0 spiro atoms. The summed E-state index contributed by atoms with van der Waals surface area (Å²) in [6.07, 6.45) is 1.54. The maximum atomic E-state index is 12.0. The van der Waals surface area contributed by atoms with Gasteiger partial charge < -0.3 is 14.6 Å². The van der Waals surface area contributed by atoms with Gasteiger partial charge in [-0.2, -0.15) is 0 Å². The van der Waals surface area contributed by atoms with Gasteiger partial charge in [0.2, 0.25) is 6.10 Å². The van der Waals surface area contributed by atoms with Gasteiger partial charge in [0.1, 0.15) is 5.52 Å². The van der Waals surface area contributed by atoms with Crippen LogP contribution in [0.4, 0.5) is 0 Å². The van der Waals surface area contributed by atoms with E-state index in [0.717, 1.165) is 23.2 Å². The van der Waals surface area contributed by atoms with Crippen LogP contribution in [0.2, 0.25) is 0 Å². The van der Waals surface area contributed by atoms with Crippen molar-refractivity contribution in [3.05, 3.63) is 30.2 Å². The number of nitrogens with one attached hydrogen (secondary N) is 1. The van der Waals surface area contributed by atoms with E-state index in [-0.39, 0.29) is 5.91 Å². The van der Waals surface area contributed by atoms with E-state index in [2.05, 4.69) is 15.5 Å². The van der Waals surface area contributed by atoms with Crippen LogP contribution in [0, 0.1) is 5.92 Å². The maximum absolute atomic E-state index is 12.0.